The third-order valence-electron chi connectivity index (χ3n) is 4.30. The molecule has 0 aliphatic carbocycles. The third-order valence-corrected chi connectivity index (χ3v) is 5.17. The number of thiophene rings is 1. The highest BCUT2D eigenvalue weighted by molar-refractivity contribution is 7.09. The topological polar surface area (TPSA) is 72.5 Å². The molecule has 0 spiro atoms. The summed E-state index contributed by atoms with van der Waals surface area (Å²) in [5.41, 5.74) is 1.89. The van der Waals surface area contributed by atoms with Gasteiger partial charge in [-0.3, -0.25) is 4.79 Å². The number of hydrogen-bond donors (Lipinski definition) is 3. The summed E-state index contributed by atoms with van der Waals surface area (Å²) in [6, 6.07) is 8.80. The highest BCUT2D eigenvalue weighted by atomic mass is 32.1. The lowest BCUT2D eigenvalue weighted by Crippen LogP contribution is -2.39. The molecule has 0 aliphatic heterocycles. The number of nitrogens with one attached hydrogen (secondary N) is 3. The summed E-state index contributed by atoms with van der Waals surface area (Å²) in [6.45, 7) is 1.36. The van der Waals surface area contributed by atoms with E-state index < -0.39 is 0 Å². The molecule has 28 heavy (non-hydrogen) atoms. The highest BCUT2D eigenvalue weighted by Crippen LogP contribution is 2.19. The van der Waals surface area contributed by atoms with Crippen molar-refractivity contribution in [2.45, 2.75) is 13.0 Å². The van der Waals surface area contributed by atoms with Crippen LogP contribution in [0.2, 0.25) is 0 Å². The van der Waals surface area contributed by atoms with Crippen molar-refractivity contribution in [1.82, 2.24) is 20.5 Å². The van der Waals surface area contributed by atoms with Crippen LogP contribution in [0.4, 0.5) is 4.39 Å². The molecule has 0 unspecified atom stereocenters. The normalized spacial score (nSPS) is 11.6. The number of hydrogen-bond acceptors (Lipinski definition) is 3. The van der Waals surface area contributed by atoms with E-state index >= 15 is 0 Å². The molecule has 148 valence electrons. The van der Waals surface area contributed by atoms with E-state index in [1.54, 1.807) is 31.5 Å². The van der Waals surface area contributed by atoms with E-state index in [1.807, 2.05) is 23.7 Å². The summed E-state index contributed by atoms with van der Waals surface area (Å²) in [5.74, 6) is 0.280. The molecule has 2 aromatic heterocycles. The number of halogens is 1. The minimum atomic E-state index is -0.253. The van der Waals surface area contributed by atoms with E-state index in [2.05, 4.69) is 20.6 Å². The van der Waals surface area contributed by atoms with Gasteiger partial charge in [0.2, 0.25) is 5.91 Å². The molecule has 3 N–H and O–H groups in total. The predicted molar refractivity (Wildman–Crippen MR) is 112 cm³/mol. The van der Waals surface area contributed by atoms with Crippen molar-refractivity contribution in [1.29, 1.82) is 0 Å². The number of carbonyl (C=O) groups is 1. The van der Waals surface area contributed by atoms with E-state index in [-0.39, 0.29) is 18.3 Å². The minimum absolute atomic E-state index is 0.0594. The van der Waals surface area contributed by atoms with Gasteiger partial charge in [0.05, 0.1) is 6.54 Å². The maximum absolute atomic E-state index is 13.3. The quantitative estimate of drug-likeness (QED) is 0.421. The summed E-state index contributed by atoms with van der Waals surface area (Å²) in [5, 5.41) is 9.57. The molecule has 6 nitrogen and oxygen atoms in total. The van der Waals surface area contributed by atoms with Gasteiger partial charge in [-0.25, -0.2) is 9.38 Å². The number of carbonyl (C=O) groups excluding carboxylic acids is 1. The number of aromatic nitrogens is 1. The Bertz CT molecular complexity index is 949. The first kappa shape index (κ1) is 19.9. The summed E-state index contributed by atoms with van der Waals surface area (Å²) in [4.78, 5) is 22.0. The van der Waals surface area contributed by atoms with Crippen molar-refractivity contribution in [2.24, 2.45) is 4.99 Å². The van der Waals surface area contributed by atoms with Gasteiger partial charge in [0.25, 0.3) is 0 Å². The van der Waals surface area contributed by atoms with Crippen LogP contribution in [0.25, 0.3) is 10.9 Å². The number of H-pyrrole nitrogens is 1. The molecule has 0 bridgehead atoms. The number of benzene rings is 1. The summed E-state index contributed by atoms with van der Waals surface area (Å²) in [6.07, 6.45) is 2.64. The summed E-state index contributed by atoms with van der Waals surface area (Å²) in [7, 11) is 3.42. The number of aliphatic imine (C=N–C) groups is 1. The van der Waals surface area contributed by atoms with Gasteiger partial charge in [-0.05, 0) is 41.6 Å². The van der Waals surface area contributed by atoms with Crippen LogP contribution in [0.15, 0.2) is 46.9 Å². The third kappa shape index (κ3) is 5.32. The molecule has 0 atom stereocenters. The van der Waals surface area contributed by atoms with Crippen molar-refractivity contribution in [3.05, 3.63) is 58.2 Å². The fraction of sp³-hybridized carbons (Fsp3) is 0.300. The van der Waals surface area contributed by atoms with E-state index in [0.717, 1.165) is 22.9 Å². The monoisotopic (exact) mass is 401 g/mol. The SMILES string of the molecule is CN(C)C(=O)CN=C(NCCc1c[nH]c2cc(F)ccc12)NCc1cccs1. The Morgan fingerprint density at radius 3 is 2.89 bits per heavy atom. The number of likely N-dealkylation sites (N-methyl/N-ethyl adjacent to an activating group) is 1. The predicted octanol–water partition coefficient (Wildman–Crippen LogP) is 2.73. The molecule has 1 aromatic carbocycles. The van der Waals surface area contributed by atoms with Gasteiger partial charge in [-0.15, -0.1) is 11.3 Å². The maximum Gasteiger partial charge on any atom is 0.243 e. The maximum atomic E-state index is 13.3. The lowest BCUT2D eigenvalue weighted by molar-refractivity contribution is -0.127. The Balaban J connectivity index is 1.60. The zero-order valence-electron chi connectivity index (χ0n) is 16.0. The first-order valence-electron chi connectivity index (χ1n) is 9.03. The van der Waals surface area contributed by atoms with Crippen molar-refractivity contribution >= 4 is 34.1 Å². The Kier molecular flexibility index (Phi) is 6.65. The second-order valence-corrected chi connectivity index (χ2v) is 7.60. The van der Waals surface area contributed by atoms with E-state index in [9.17, 15) is 9.18 Å². The van der Waals surface area contributed by atoms with Crippen LogP contribution >= 0.6 is 11.3 Å². The largest absolute Gasteiger partial charge is 0.361 e. The Hall–Kier alpha value is -2.87. The number of fused-ring (bicyclic) bond motifs is 1. The van der Waals surface area contributed by atoms with Gasteiger partial charge in [0, 0.05) is 42.6 Å². The smallest absolute Gasteiger partial charge is 0.243 e. The van der Waals surface area contributed by atoms with Crippen LogP contribution in [0, 0.1) is 5.82 Å². The van der Waals surface area contributed by atoms with Crippen molar-refractivity contribution in [2.75, 3.05) is 27.2 Å². The van der Waals surface area contributed by atoms with Crippen LogP contribution in [0.5, 0.6) is 0 Å². The number of rotatable bonds is 7. The minimum Gasteiger partial charge on any atom is -0.361 e. The Morgan fingerprint density at radius 2 is 2.14 bits per heavy atom. The lowest BCUT2D eigenvalue weighted by Gasteiger charge is -2.13. The van der Waals surface area contributed by atoms with Gasteiger partial charge < -0.3 is 20.5 Å². The van der Waals surface area contributed by atoms with Gasteiger partial charge in [0.15, 0.2) is 5.96 Å². The Labute approximate surface area is 167 Å². The van der Waals surface area contributed by atoms with Crippen LogP contribution in [0.1, 0.15) is 10.4 Å². The summed E-state index contributed by atoms with van der Waals surface area (Å²) >= 11 is 1.66. The standard InChI is InChI=1S/C20H24FN5OS/c1-26(2)19(27)13-25-20(24-12-16-4-3-9-28-16)22-8-7-14-11-23-18-10-15(21)5-6-17(14)18/h3-6,9-11,23H,7-8,12-13H2,1-2H3,(H2,22,24,25). The molecule has 0 saturated carbocycles. The van der Waals surface area contributed by atoms with E-state index in [4.69, 9.17) is 0 Å². The molecular formula is C20H24FN5OS. The average molecular weight is 402 g/mol. The Morgan fingerprint density at radius 1 is 1.29 bits per heavy atom. The molecule has 1 amide bonds. The molecule has 8 heteroatoms. The number of aromatic amines is 1. The number of amides is 1. The van der Waals surface area contributed by atoms with Crippen LogP contribution in [-0.4, -0.2) is 48.9 Å². The van der Waals surface area contributed by atoms with Crippen LogP contribution in [0.3, 0.4) is 0 Å². The molecule has 0 radical (unpaired) electrons. The van der Waals surface area contributed by atoms with Gasteiger partial charge in [-0.1, -0.05) is 6.07 Å². The molecule has 0 aliphatic rings. The van der Waals surface area contributed by atoms with Crippen molar-refractivity contribution in [3.63, 3.8) is 0 Å². The van der Waals surface area contributed by atoms with Gasteiger partial charge in [-0.2, -0.15) is 0 Å². The van der Waals surface area contributed by atoms with E-state index in [0.29, 0.717) is 19.0 Å². The van der Waals surface area contributed by atoms with Crippen LogP contribution in [-0.2, 0) is 17.8 Å². The second kappa shape index (κ2) is 9.36. The summed E-state index contributed by atoms with van der Waals surface area (Å²) < 4.78 is 13.3. The number of nitrogens with zero attached hydrogens (tertiary/aromatic N) is 2. The first-order valence-corrected chi connectivity index (χ1v) is 9.91. The molecule has 2 heterocycles. The molecule has 3 aromatic rings. The lowest BCUT2D eigenvalue weighted by atomic mass is 10.1. The molecular weight excluding hydrogens is 377 g/mol. The zero-order valence-corrected chi connectivity index (χ0v) is 16.8. The van der Waals surface area contributed by atoms with Gasteiger partial charge in [0.1, 0.15) is 12.4 Å². The fourth-order valence-corrected chi connectivity index (χ4v) is 3.37. The van der Waals surface area contributed by atoms with Crippen molar-refractivity contribution in [3.8, 4) is 0 Å². The molecule has 0 saturated heterocycles. The average Bonchev–Trinajstić information content (AvgIpc) is 3.32. The highest BCUT2D eigenvalue weighted by Gasteiger charge is 2.07. The van der Waals surface area contributed by atoms with Crippen LogP contribution < -0.4 is 10.6 Å². The second-order valence-electron chi connectivity index (χ2n) is 6.57. The molecule has 3 rings (SSSR count). The molecule has 0 fully saturated rings. The first-order chi connectivity index (χ1) is 13.5. The van der Waals surface area contributed by atoms with Crippen molar-refractivity contribution < 1.29 is 9.18 Å². The number of guanidine groups is 1. The zero-order chi connectivity index (χ0) is 19.9. The van der Waals surface area contributed by atoms with E-state index in [1.165, 1.54) is 21.9 Å². The fourth-order valence-electron chi connectivity index (χ4n) is 2.73. The van der Waals surface area contributed by atoms with Gasteiger partial charge >= 0.3 is 0 Å².